The van der Waals surface area contributed by atoms with Gasteiger partial charge in [0.25, 0.3) is 5.91 Å². The van der Waals surface area contributed by atoms with Crippen molar-refractivity contribution in [2.45, 2.75) is 19.4 Å². The molecule has 142 valence electrons. The van der Waals surface area contributed by atoms with E-state index >= 15 is 0 Å². The van der Waals surface area contributed by atoms with Crippen molar-refractivity contribution in [2.24, 2.45) is 0 Å². The van der Waals surface area contributed by atoms with Crippen LogP contribution >= 0.6 is 0 Å². The lowest BCUT2D eigenvalue weighted by atomic mass is 10.2. The van der Waals surface area contributed by atoms with Crippen molar-refractivity contribution in [3.63, 3.8) is 0 Å². The van der Waals surface area contributed by atoms with Gasteiger partial charge >= 0.3 is 5.97 Å². The molecule has 8 heteroatoms. The van der Waals surface area contributed by atoms with Crippen molar-refractivity contribution >= 4 is 11.9 Å². The van der Waals surface area contributed by atoms with E-state index in [2.05, 4.69) is 4.98 Å². The predicted octanol–water partition coefficient (Wildman–Crippen LogP) is 2.18. The largest absolute Gasteiger partial charge is 0.488 e. The molecule has 1 saturated heterocycles. The molecule has 0 unspecified atom stereocenters. The Morgan fingerprint density at radius 2 is 1.93 bits per heavy atom. The Morgan fingerprint density at radius 1 is 1.19 bits per heavy atom. The number of rotatable bonds is 7. The summed E-state index contributed by atoms with van der Waals surface area (Å²) in [5.74, 6) is -0.369. The van der Waals surface area contributed by atoms with Crippen molar-refractivity contribution < 1.29 is 29.3 Å². The standard InChI is InChI=1S/C19H20N2O6/c1-12(11-22)26-15-7-13(19(24)25)8-16(9-15)27-14-3-4-17(20-10-14)18(23)21-5-2-6-21/h3-4,7-10,12,22H,2,5-6,11H2,1H3,(H,24,25)/t12-/m0/s1. The van der Waals surface area contributed by atoms with Crippen LogP contribution in [0.1, 0.15) is 34.2 Å². The summed E-state index contributed by atoms with van der Waals surface area (Å²) in [4.78, 5) is 29.3. The molecular weight excluding hydrogens is 352 g/mol. The molecule has 0 saturated carbocycles. The minimum atomic E-state index is -1.13. The predicted molar refractivity (Wildman–Crippen MR) is 95.4 cm³/mol. The summed E-state index contributed by atoms with van der Waals surface area (Å²) in [6.07, 6.45) is 1.93. The molecule has 1 amide bonds. The number of benzene rings is 1. The Bertz CT molecular complexity index is 833. The number of ether oxygens (including phenoxy) is 2. The fourth-order valence-corrected chi connectivity index (χ4v) is 2.48. The fraction of sp³-hybridized carbons (Fsp3) is 0.316. The number of carbonyl (C=O) groups excluding carboxylic acids is 1. The maximum Gasteiger partial charge on any atom is 0.335 e. The zero-order valence-electron chi connectivity index (χ0n) is 14.8. The van der Waals surface area contributed by atoms with Crippen molar-refractivity contribution in [2.75, 3.05) is 19.7 Å². The Kier molecular flexibility index (Phi) is 5.56. The van der Waals surface area contributed by atoms with Crippen LogP contribution in [0.2, 0.25) is 0 Å². The van der Waals surface area contributed by atoms with Crippen LogP contribution in [-0.2, 0) is 0 Å². The average molecular weight is 372 g/mol. The molecule has 1 fully saturated rings. The molecule has 2 heterocycles. The third-order valence-electron chi connectivity index (χ3n) is 4.06. The number of pyridine rings is 1. The number of hydrogen-bond donors (Lipinski definition) is 2. The van der Waals surface area contributed by atoms with Gasteiger partial charge in [-0.3, -0.25) is 4.79 Å². The van der Waals surface area contributed by atoms with Gasteiger partial charge in [-0.05, 0) is 37.6 Å². The van der Waals surface area contributed by atoms with Crippen molar-refractivity contribution in [3.8, 4) is 17.2 Å². The molecular formula is C19H20N2O6. The van der Waals surface area contributed by atoms with E-state index in [1.807, 2.05) is 0 Å². The molecule has 1 aromatic carbocycles. The number of hydrogen-bond acceptors (Lipinski definition) is 6. The van der Waals surface area contributed by atoms with Crippen LogP contribution < -0.4 is 9.47 Å². The van der Waals surface area contributed by atoms with E-state index in [-0.39, 0.29) is 29.6 Å². The van der Waals surface area contributed by atoms with E-state index in [9.17, 15) is 14.7 Å². The smallest absolute Gasteiger partial charge is 0.335 e. The van der Waals surface area contributed by atoms with Gasteiger partial charge in [-0.25, -0.2) is 9.78 Å². The molecule has 3 rings (SSSR count). The number of aliphatic hydroxyl groups is 1. The molecule has 2 N–H and O–H groups in total. The van der Waals surface area contributed by atoms with E-state index in [1.165, 1.54) is 24.4 Å². The average Bonchev–Trinajstić information content (AvgIpc) is 2.60. The van der Waals surface area contributed by atoms with E-state index in [0.29, 0.717) is 11.4 Å². The maximum atomic E-state index is 12.1. The molecule has 0 spiro atoms. The highest BCUT2D eigenvalue weighted by Crippen LogP contribution is 2.28. The van der Waals surface area contributed by atoms with Gasteiger partial charge in [0.1, 0.15) is 29.0 Å². The van der Waals surface area contributed by atoms with Gasteiger partial charge in [0, 0.05) is 19.2 Å². The lowest BCUT2D eigenvalue weighted by molar-refractivity contribution is 0.0644. The van der Waals surface area contributed by atoms with Gasteiger partial charge in [0.05, 0.1) is 18.4 Å². The molecule has 1 atom stereocenters. The summed E-state index contributed by atoms with van der Waals surface area (Å²) in [6, 6.07) is 7.41. The van der Waals surface area contributed by atoms with Crippen LogP contribution in [0.5, 0.6) is 17.2 Å². The number of carboxylic acids is 1. The van der Waals surface area contributed by atoms with E-state index in [4.69, 9.17) is 14.6 Å². The second-order valence-electron chi connectivity index (χ2n) is 6.24. The van der Waals surface area contributed by atoms with Gasteiger partial charge in [-0.1, -0.05) is 0 Å². The minimum Gasteiger partial charge on any atom is -0.488 e. The van der Waals surface area contributed by atoms with Crippen LogP contribution in [0.25, 0.3) is 0 Å². The summed E-state index contributed by atoms with van der Waals surface area (Å²) >= 11 is 0. The molecule has 0 bridgehead atoms. The summed E-state index contributed by atoms with van der Waals surface area (Å²) in [7, 11) is 0. The number of carbonyl (C=O) groups is 2. The third kappa shape index (κ3) is 4.53. The van der Waals surface area contributed by atoms with Gasteiger partial charge in [0.15, 0.2) is 0 Å². The third-order valence-corrected chi connectivity index (χ3v) is 4.06. The fourth-order valence-electron chi connectivity index (χ4n) is 2.48. The summed E-state index contributed by atoms with van der Waals surface area (Å²) in [6.45, 7) is 2.95. The zero-order valence-corrected chi connectivity index (χ0v) is 14.8. The van der Waals surface area contributed by atoms with E-state index in [1.54, 1.807) is 24.0 Å². The van der Waals surface area contributed by atoms with Crippen LogP contribution in [0.15, 0.2) is 36.5 Å². The first kappa shape index (κ1) is 18.7. The molecule has 1 aliphatic rings. The SMILES string of the molecule is C[C@@H](CO)Oc1cc(Oc2ccc(C(=O)N3CCC3)nc2)cc(C(=O)O)c1. The Balaban J connectivity index is 1.77. The number of likely N-dealkylation sites (tertiary alicyclic amines) is 1. The first-order chi connectivity index (χ1) is 13.0. The van der Waals surface area contributed by atoms with Crippen molar-refractivity contribution in [1.82, 2.24) is 9.88 Å². The number of aromatic nitrogens is 1. The number of carboxylic acid groups (broad SMARTS) is 1. The summed E-state index contributed by atoms with van der Waals surface area (Å²) < 4.78 is 11.1. The number of aromatic carboxylic acids is 1. The molecule has 1 aromatic heterocycles. The zero-order chi connectivity index (χ0) is 19.4. The first-order valence-corrected chi connectivity index (χ1v) is 8.55. The van der Waals surface area contributed by atoms with Gasteiger partial charge in [0.2, 0.25) is 0 Å². The molecule has 1 aliphatic heterocycles. The second kappa shape index (κ2) is 8.05. The van der Waals surface area contributed by atoms with Crippen LogP contribution in [-0.4, -0.2) is 57.8 Å². The highest BCUT2D eigenvalue weighted by atomic mass is 16.5. The number of amides is 1. The van der Waals surface area contributed by atoms with Crippen LogP contribution in [0.3, 0.4) is 0 Å². The van der Waals surface area contributed by atoms with Gasteiger partial charge < -0.3 is 24.6 Å². The second-order valence-corrected chi connectivity index (χ2v) is 6.24. The summed E-state index contributed by atoms with van der Waals surface area (Å²) in [5, 5.41) is 18.4. The highest BCUT2D eigenvalue weighted by Gasteiger charge is 2.22. The number of nitrogens with zero attached hydrogens (tertiary/aromatic N) is 2. The lowest BCUT2D eigenvalue weighted by Crippen LogP contribution is -2.42. The van der Waals surface area contributed by atoms with Crippen molar-refractivity contribution in [1.29, 1.82) is 0 Å². The van der Waals surface area contributed by atoms with Crippen molar-refractivity contribution in [3.05, 3.63) is 47.8 Å². The number of aliphatic hydroxyl groups excluding tert-OH is 1. The quantitative estimate of drug-likeness (QED) is 0.766. The van der Waals surface area contributed by atoms with E-state index < -0.39 is 12.1 Å². The molecule has 0 aliphatic carbocycles. The molecule has 0 radical (unpaired) electrons. The van der Waals surface area contributed by atoms with Crippen LogP contribution in [0.4, 0.5) is 0 Å². The minimum absolute atomic E-state index is 0.00909. The molecule has 27 heavy (non-hydrogen) atoms. The van der Waals surface area contributed by atoms with E-state index in [0.717, 1.165) is 19.5 Å². The van der Waals surface area contributed by atoms with Gasteiger partial charge in [-0.2, -0.15) is 0 Å². The topological polar surface area (TPSA) is 109 Å². The molecule has 2 aromatic rings. The first-order valence-electron chi connectivity index (χ1n) is 8.55. The maximum absolute atomic E-state index is 12.1. The van der Waals surface area contributed by atoms with Crippen LogP contribution in [0, 0.1) is 0 Å². The monoisotopic (exact) mass is 372 g/mol. The highest BCUT2D eigenvalue weighted by molar-refractivity contribution is 5.92. The van der Waals surface area contributed by atoms with Gasteiger partial charge in [-0.15, -0.1) is 0 Å². The Morgan fingerprint density at radius 3 is 2.48 bits per heavy atom. The Hall–Kier alpha value is -3.13. The molecule has 8 nitrogen and oxygen atoms in total. The normalized spacial score (nSPS) is 14.2. The Labute approximate surface area is 156 Å². The lowest BCUT2D eigenvalue weighted by Gasteiger charge is -2.30. The summed E-state index contributed by atoms with van der Waals surface area (Å²) in [5.41, 5.74) is 0.326.